The van der Waals surface area contributed by atoms with Gasteiger partial charge in [-0.3, -0.25) is 9.97 Å². The van der Waals surface area contributed by atoms with Crippen LogP contribution in [0.15, 0.2) is 540 Å². The van der Waals surface area contributed by atoms with E-state index in [0.29, 0.717) is 0 Å². The van der Waals surface area contributed by atoms with Gasteiger partial charge >= 0.3 is 0 Å². The fraction of sp³-hybridized carbons (Fsp3) is 0. The molecule has 5 aromatic heterocycles. The molecule has 0 spiro atoms. The van der Waals surface area contributed by atoms with Crippen molar-refractivity contribution in [1.29, 1.82) is 0 Å². The molecule has 23 aromatic carbocycles. The number of pyridine rings is 5. The van der Waals surface area contributed by atoms with E-state index in [-0.39, 0.29) is 0 Å². The number of rotatable bonds is 13. The first-order valence-corrected chi connectivity index (χ1v) is 51.4. The first-order chi connectivity index (χ1) is 74.4. The van der Waals surface area contributed by atoms with Crippen molar-refractivity contribution in [2.45, 2.75) is 0 Å². The van der Waals surface area contributed by atoms with Crippen molar-refractivity contribution in [1.82, 2.24) is 24.9 Å². The van der Waals surface area contributed by atoms with Crippen LogP contribution in [0.25, 0.3) is 309 Å². The zero-order chi connectivity index (χ0) is 98.8. The van der Waals surface area contributed by atoms with Crippen LogP contribution in [0.4, 0.5) is 0 Å². The minimum Gasteiger partial charge on any atom is -0.254 e. The fourth-order valence-electron chi connectivity index (χ4n) is 23.9. The summed E-state index contributed by atoms with van der Waals surface area (Å²) in [6, 6.07) is 191. The largest absolute Gasteiger partial charge is 0.254 e. The number of hydrogen-bond acceptors (Lipinski definition) is 5. The Balaban J connectivity index is 0.000000106. The van der Waals surface area contributed by atoms with Crippen molar-refractivity contribution in [3.8, 4) is 212 Å². The molecule has 694 valence electrons. The summed E-state index contributed by atoms with van der Waals surface area (Å²) in [5, 5.41) is 15.8. The van der Waals surface area contributed by atoms with E-state index in [1.807, 2.05) is 24.5 Å². The zero-order valence-electron chi connectivity index (χ0n) is 81.6. The van der Waals surface area contributed by atoms with Crippen molar-refractivity contribution >= 4 is 97.6 Å². The summed E-state index contributed by atoms with van der Waals surface area (Å²) in [6.45, 7) is 0. The van der Waals surface area contributed by atoms with Crippen molar-refractivity contribution in [3.05, 3.63) is 540 Å². The molecule has 5 heterocycles. The summed E-state index contributed by atoms with van der Waals surface area (Å²) >= 11 is 0. The van der Waals surface area contributed by atoms with Crippen LogP contribution < -0.4 is 0 Å². The van der Waals surface area contributed by atoms with Gasteiger partial charge in [0.15, 0.2) is 0 Å². The topological polar surface area (TPSA) is 64.5 Å². The maximum Gasteiger partial charge on any atom is 0.0972 e. The highest BCUT2D eigenvalue weighted by atomic mass is 14.8. The van der Waals surface area contributed by atoms with Crippen LogP contribution in [0.1, 0.15) is 0 Å². The van der Waals surface area contributed by atoms with Gasteiger partial charge in [0.2, 0.25) is 0 Å². The molecule has 0 aliphatic heterocycles. The van der Waals surface area contributed by atoms with Crippen LogP contribution in [0.2, 0.25) is 0 Å². The predicted molar refractivity (Wildman–Crippen MR) is 630 cm³/mol. The van der Waals surface area contributed by atoms with Gasteiger partial charge in [-0.1, -0.05) is 479 Å². The van der Waals surface area contributed by atoms with Gasteiger partial charge in [0.05, 0.1) is 44.7 Å². The molecule has 0 saturated carbocycles. The summed E-state index contributed by atoms with van der Waals surface area (Å²) in [4.78, 5) is 24.6. The molecule has 0 unspecified atom stereocenters. The second kappa shape index (κ2) is 36.2. The summed E-state index contributed by atoms with van der Waals surface area (Å²) in [7, 11) is 0. The maximum absolute atomic E-state index is 5.19. The Hall–Kier alpha value is -19.9. The average molecular weight is 1900 g/mol. The normalized spacial score (nSPS) is 11.7. The molecule has 0 atom stereocenters. The van der Waals surface area contributed by atoms with E-state index in [9.17, 15) is 0 Å². The smallest absolute Gasteiger partial charge is 0.0972 e. The van der Waals surface area contributed by atoms with Crippen LogP contribution in [-0.2, 0) is 0 Å². The Morgan fingerprint density at radius 2 is 0.367 bits per heavy atom. The van der Waals surface area contributed by atoms with Crippen LogP contribution in [0.5, 0.6) is 0 Å². The Morgan fingerprint density at radius 1 is 0.113 bits per heavy atom. The van der Waals surface area contributed by atoms with Gasteiger partial charge in [0, 0.05) is 61.4 Å². The summed E-state index contributed by atoms with van der Waals surface area (Å²) < 4.78 is 0. The first-order valence-electron chi connectivity index (χ1n) is 51.4. The minimum absolute atomic E-state index is 0.931. The van der Waals surface area contributed by atoms with Crippen molar-refractivity contribution in [2.75, 3.05) is 0 Å². The number of hydrogen-bond donors (Lipinski definition) is 0. The molecule has 31 rings (SSSR count). The first kappa shape index (κ1) is 86.8. The third-order valence-electron chi connectivity index (χ3n) is 30.9. The van der Waals surface area contributed by atoms with Crippen LogP contribution in [0.3, 0.4) is 0 Å². The van der Waals surface area contributed by atoms with Crippen molar-refractivity contribution in [3.63, 3.8) is 0 Å². The molecular formula is C145H89N5. The molecule has 0 bridgehead atoms. The summed E-state index contributed by atoms with van der Waals surface area (Å²) in [5.74, 6) is 0. The second-order valence-electron chi connectivity index (χ2n) is 39.3. The number of fused-ring (bicyclic) bond motifs is 18. The molecule has 5 nitrogen and oxygen atoms in total. The molecule has 0 amide bonds. The van der Waals surface area contributed by atoms with E-state index in [1.54, 1.807) is 0 Å². The van der Waals surface area contributed by atoms with Gasteiger partial charge in [-0.05, 0) is 264 Å². The van der Waals surface area contributed by atoms with Crippen LogP contribution in [-0.4, -0.2) is 24.9 Å². The summed E-state index contributed by atoms with van der Waals surface area (Å²) in [5.41, 5.74) is 51.2. The van der Waals surface area contributed by atoms with E-state index >= 15 is 0 Å². The lowest BCUT2D eigenvalue weighted by atomic mass is 9.82. The Kier molecular flexibility index (Phi) is 20.9. The van der Waals surface area contributed by atoms with Gasteiger partial charge < -0.3 is 0 Å². The minimum atomic E-state index is 0.931. The molecule has 0 fully saturated rings. The van der Waals surface area contributed by atoms with E-state index in [4.69, 9.17) is 15.0 Å². The lowest BCUT2D eigenvalue weighted by Crippen LogP contribution is -1.94. The van der Waals surface area contributed by atoms with Crippen molar-refractivity contribution < 1.29 is 0 Å². The zero-order valence-corrected chi connectivity index (χ0v) is 81.6. The third kappa shape index (κ3) is 14.8. The highest BCUT2D eigenvalue weighted by Crippen LogP contribution is 2.61. The molecular weight excluding hydrogens is 1810 g/mol. The lowest BCUT2D eigenvalue weighted by Gasteiger charge is -2.21. The molecule has 3 aliphatic rings. The van der Waals surface area contributed by atoms with E-state index in [2.05, 4.69) is 526 Å². The summed E-state index contributed by atoms with van der Waals surface area (Å²) in [6.07, 6.45) is 3.68. The standard InChI is InChI=1S/C52H32N2.C47H29N.C46H28N2/c1-2-8-36(9-3-1)43-28-29-44(50-46-16-6-11-38-10-5-15-45(48(38)46)49(43)50)42-13-4-12-41(32-42)35-19-17-33(18-20-35)34-21-23-37(24-22-34)47-30-27-40-26-25-39-14-7-31-53-51(39)52(40)54-47;1-3-11-30(12-4-1)41-29-40(32-21-24-33(25-22-32)42-28-27-36-26-23-31-13-7-8-18-37(31)47(36)48-42)44(35-14-5-2-6-15-35)46-39-20-10-17-34-16-9-19-38(43(34)39)45(41)46;1-3-10-29(11-4-1)39-28-38(30-19-21-31(22-20-30)40-26-25-35-24-23-34-16-9-27-47-45(34)46(35)48-40)42(33-12-5-2-6-13-33)44-37-18-8-15-32-14-7-17-36(41(32)37)43(39)44/h1-32H;1-29H;1-28H. The number of nitrogens with zero attached hydrogens (tertiary/aromatic N) is 5. The molecule has 0 radical (unpaired) electrons. The molecule has 0 N–H and O–H groups in total. The van der Waals surface area contributed by atoms with E-state index < -0.39 is 0 Å². The van der Waals surface area contributed by atoms with Gasteiger partial charge in [0.1, 0.15) is 0 Å². The number of aromatic nitrogens is 5. The molecule has 150 heavy (non-hydrogen) atoms. The fourth-order valence-corrected chi connectivity index (χ4v) is 23.9. The quantitative estimate of drug-likeness (QED) is 0.108. The van der Waals surface area contributed by atoms with E-state index in [0.717, 1.165) is 88.3 Å². The van der Waals surface area contributed by atoms with Crippen LogP contribution >= 0.6 is 0 Å². The van der Waals surface area contributed by atoms with Gasteiger partial charge in [0.25, 0.3) is 0 Å². The number of benzene rings is 23. The van der Waals surface area contributed by atoms with Gasteiger partial charge in [-0.25, -0.2) is 15.0 Å². The monoisotopic (exact) mass is 1900 g/mol. The molecule has 0 saturated heterocycles. The third-order valence-corrected chi connectivity index (χ3v) is 30.9. The van der Waals surface area contributed by atoms with Crippen molar-refractivity contribution in [2.24, 2.45) is 0 Å². The average Bonchev–Trinajstić information content (AvgIpc) is 1.57. The SMILES string of the molecule is c1ccc(-c2cc(-c3ccc(-c4ccc5ccc6ccccc6c5n4)cc3)c(-c3ccccc3)c3c2-c2cccc4cccc-3c24)cc1.c1ccc(-c2cc(-c3ccc(-c4ccc5ccc6cccnc6c5n4)cc3)c(-c3ccccc3)c3c2-c2cccc4cccc-3c24)cc1.c1ccc(-c2ccc(-c3cccc(-c4ccc(-c5ccc(-c6ccc7ccc8cccnc8c7n6)cc5)cc4)c3)c3c2-c2cccc4cccc-3c24)cc1. The highest BCUT2D eigenvalue weighted by molar-refractivity contribution is 6.26. The van der Waals surface area contributed by atoms with E-state index in [1.165, 1.54) is 221 Å². The van der Waals surface area contributed by atoms with Crippen LogP contribution in [0, 0.1) is 0 Å². The maximum atomic E-state index is 5.19. The Labute approximate surface area is 868 Å². The van der Waals surface area contributed by atoms with Gasteiger partial charge in [-0.2, -0.15) is 0 Å². The highest BCUT2D eigenvalue weighted by Gasteiger charge is 2.35. The lowest BCUT2D eigenvalue weighted by molar-refractivity contribution is 1.37. The molecule has 3 aliphatic carbocycles. The molecule has 28 aromatic rings. The predicted octanol–water partition coefficient (Wildman–Crippen LogP) is 39.0. The second-order valence-corrected chi connectivity index (χ2v) is 39.3. The molecule has 5 heteroatoms. The Bertz CT molecular complexity index is 9930. The Morgan fingerprint density at radius 3 is 0.767 bits per heavy atom. The van der Waals surface area contributed by atoms with Gasteiger partial charge in [-0.15, -0.1) is 0 Å².